The van der Waals surface area contributed by atoms with Crippen molar-refractivity contribution in [1.82, 2.24) is 5.32 Å². The fourth-order valence-corrected chi connectivity index (χ4v) is 4.43. The zero-order valence-electron chi connectivity index (χ0n) is 20.1. The lowest BCUT2D eigenvalue weighted by atomic mass is 9.94. The van der Waals surface area contributed by atoms with Crippen LogP contribution in [0.5, 0.6) is 0 Å². The SMILES string of the molecule is CC(=O)N[C@H]1[C@H](O[C@H]2[C@H](O)[C@@H](C(=O)O)OC(O)[C@@H]2O)O[C@H](CO)[C@@H](O[C@@H]2O[C@H](C(=O)O)[C@@H](O)[C@H](O)[C@H]2O)[C@@H]1O. The Hall–Kier alpha value is -2.11. The van der Waals surface area contributed by atoms with Crippen molar-refractivity contribution < 1.29 is 89.1 Å². The van der Waals surface area contributed by atoms with Crippen LogP contribution in [0.3, 0.4) is 0 Å². The molecule has 0 aromatic carbocycles. The van der Waals surface area contributed by atoms with Gasteiger partial charge in [0.2, 0.25) is 5.91 Å². The largest absolute Gasteiger partial charge is 0.479 e. The van der Waals surface area contributed by atoms with E-state index in [2.05, 4.69) is 10.1 Å². The average molecular weight is 573 g/mol. The van der Waals surface area contributed by atoms with Gasteiger partial charge in [-0.15, -0.1) is 0 Å². The molecule has 0 aliphatic carbocycles. The molecule has 0 bridgehead atoms. The minimum absolute atomic E-state index is 0.785. The fourth-order valence-electron chi connectivity index (χ4n) is 4.43. The number of amides is 1. The Balaban J connectivity index is 1.86. The molecular formula is C20H31NO18. The van der Waals surface area contributed by atoms with Gasteiger partial charge < -0.3 is 80.1 Å². The number of aliphatic carboxylic acids is 2. The summed E-state index contributed by atoms with van der Waals surface area (Å²) in [6.45, 7) is 0.0628. The van der Waals surface area contributed by atoms with Crippen molar-refractivity contribution in [2.75, 3.05) is 6.61 Å². The highest BCUT2D eigenvalue weighted by Gasteiger charge is 2.55. The number of aliphatic hydroxyl groups excluding tert-OH is 8. The van der Waals surface area contributed by atoms with E-state index in [0.29, 0.717) is 0 Å². The minimum Gasteiger partial charge on any atom is -0.479 e. The van der Waals surface area contributed by atoms with Gasteiger partial charge in [0.1, 0.15) is 61.0 Å². The van der Waals surface area contributed by atoms with Crippen molar-refractivity contribution in [3.63, 3.8) is 0 Å². The van der Waals surface area contributed by atoms with Gasteiger partial charge in [0.05, 0.1) is 6.61 Å². The van der Waals surface area contributed by atoms with Crippen LogP contribution in [0.4, 0.5) is 0 Å². The van der Waals surface area contributed by atoms with Gasteiger partial charge in [0, 0.05) is 6.92 Å². The van der Waals surface area contributed by atoms with Crippen LogP contribution in [0.1, 0.15) is 6.92 Å². The van der Waals surface area contributed by atoms with Gasteiger partial charge in [-0.3, -0.25) is 4.79 Å². The number of nitrogens with one attached hydrogen (secondary N) is 1. The van der Waals surface area contributed by atoms with Crippen LogP contribution in [-0.2, 0) is 38.1 Å². The lowest BCUT2D eigenvalue weighted by Crippen LogP contribution is -2.69. The first-order valence-electron chi connectivity index (χ1n) is 11.6. The molecule has 3 heterocycles. The molecule has 0 spiro atoms. The van der Waals surface area contributed by atoms with Crippen LogP contribution in [0.2, 0.25) is 0 Å². The van der Waals surface area contributed by atoms with Crippen LogP contribution in [0.15, 0.2) is 0 Å². The maximum Gasteiger partial charge on any atom is 0.335 e. The number of ether oxygens (including phenoxy) is 5. The minimum atomic E-state index is -2.13. The third-order valence-electron chi connectivity index (χ3n) is 6.42. The standard InChI is InChI=1S/C20H31NO18/c1-3(23)21-5-6(24)12(37-20-9(27)7(25)8(26)14(39-20)16(30)31)4(2-22)35-19(5)38-13-10(28)15(17(32)33)36-18(34)11(13)29/h4-15,18-20,22,24-29,34H,2H2,1H3,(H,21,23)(H,30,31)(H,32,33)/t4-,5-,6-,7+,8+,9-,10+,11-,12-,13+,14+,15+,18?,19+,20-/m1/s1. The summed E-state index contributed by atoms with van der Waals surface area (Å²) >= 11 is 0. The maximum atomic E-state index is 11.9. The van der Waals surface area contributed by atoms with Crippen LogP contribution in [0.25, 0.3) is 0 Å². The number of rotatable bonds is 8. The molecule has 0 radical (unpaired) electrons. The number of aliphatic hydroxyl groups is 8. The number of carboxylic acids is 2. The molecule has 1 unspecified atom stereocenters. The lowest BCUT2D eigenvalue weighted by Gasteiger charge is -2.48. The van der Waals surface area contributed by atoms with E-state index in [-0.39, 0.29) is 0 Å². The Morgan fingerprint density at radius 2 is 1.26 bits per heavy atom. The van der Waals surface area contributed by atoms with Crippen molar-refractivity contribution in [3.8, 4) is 0 Å². The molecule has 0 aromatic rings. The molecule has 11 N–H and O–H groups in total. The summed E-state index contributed by atoms with van der Waals surface area (Å²) in [6, 6.07) is -1.65. The zero-order chi connectivity index (χ0) is 29.3. The summed E-state index contributed by atoms with van der Waals surface area (Å²) in [5.74, 6) is -4.22. The van der Waals surface area contributed by atoms with E-state index in [1.54, 1.807) is 0 Å². The molecular weight excluding hydrogens is 542 g/mol. The second-order valence-corrected chi connectivity index (χ2v) is 9.15. The molecule has 0 aromatic heterocycles. The second-order valence-electron chi connectivity index (χ2n) is 9.15. The molecule has 19 heteroatoms. The van der Waals surface area contributed by atoms with E-state index in [9.17, 15) is 65.4 Å². The van der Waals surface area contributed by atoms with Crippen LogP contribution in [-0.4, -0.2) is 168 Å². The topological polar surface area (TPSA) is 312 Å². The summed E-state index contributed by atoms with van der Waals surface area (Å²) in [4.78, 5) is 34.6. The molecule has 3 aliphatic heterocycles. The first-order valence-corrected chi connectivity index (χ1v) is 11.6. The Bertz CT molecular complexity index is 891. The molecule has 1 amide bonds. The Labute approximate surface area is 218 Å². The lowest BCUT2D eigenvalue weighted by molar-refractivity contribution is -0.361. The van der Waals surface area contributed by atoms with Gasteiger partial charge in [0.15, 0.2) is 31.1 Å². The van der Waals surface area contributed by atoms with E-state index < -0.39 is 117 Å². The van der Waals surface area contributed by atoms with Crippen molar-refractivity contribution in [2.45, 2.75) is 99.0 Å². The van der Waals surface area contributed by atoms with Crippen LogP contribution >= 0.6 is 0 Å². The van der Waals surface area contributed by atoms with Crippen molar-refractivity contribution >= 4 is 17.8 Å². The fraction of sp³-hybridized carbons (Fsp3) is 0.850. The molecule has 3 aliphatic rings. The number of hydrogen-bond acceptors (Lipinski definition) is 16. The van der Waals surface area contributed by atoms with Gasteiger partial charge in [0.25, 0.3) is 0 Å². The van der Waals surface area contributed by atoms with Gasteiger partial charge in [-0.05, 0) is 0 Å². The number of carboxylic acid groups (broad SMARTS) is 2. The predicted molar refractivity (Wildman–Crippen MR) is 114 cm³/mol. The maximum absolute atomic E-state index is 11.9. The van der Waals surface area contributed by atoms with Crippen LogP contribution in [0, 0.1) is 0 Å². The first kappa shape index (κ1) is 31.4. The van der Waals surface area contributed by atoms with Gasteiger partial charge in [-0.2, -0.15) is 0 Å². The first-order chi connectivity index (χ1) is 18.2. The molecule has 19 nitrogen and oxygen atoms in total. The highest BCUT2D eigenvalue weighted by molar-refractivity contribution is 5.74. The molecule has 15 atom stereocenters. The summed E-state index contributed by atoms with van der Waals surface area (Å²) in [5.41, 5.74) is 0. The Morgan fingerprint density at radius 3 is 1.79 bits per heavy atom. The summed E-state index contributed by atoms with van der Waals surface area (Å²) in [5, 5.41) is 102. The van der Waals surface area contributed by atoms with Gasteiger partial charge in [-0.25, -0.2) is 9.59 Å². The highest BCUT2D eigenvalue weighted by atomic mass is 16.7. The van der Waals surface area contributed by atoms with E-state index in [4.69, 9.17) is 18.9 Å². The van der Waals surface area contributed by atoms with E-state index in [1.807, 2.05) is 0 Å². The van der Waals surface area contributed by atoms with Crippen molar-refractivity contribution in [2.24, 2.45) is 0 Å². The Morgan fingerprint density at radius 1 is 0.692 bits per heavy atom. The smallest absolute Gasteiger partial charge is 0.335 e. The normalized spacial score (nSPS) is 46.8. The number of carbonyl (C=O) groups is 3. The second kappa shape index (κ2) is 12.6. The molecule has 3 rings (SSSR count). The number of carbonyl (C=O) groups excluding carboxylic acids is 1. The summed E-state index contributed by atoms with van der Waals surface area (Å²) in [7, 11) is 0. The molecule has 224 valence electrons. The predicted octanol–water partition coefficient (Wildman–Crippen LogP) is -7.24. The van der Waals surface area contributed by atoms with Crippen molar-refractivity contribution in [3.05, 3.63) is 0 Å². The number of hydrogen-bond donors (Lipinski definition) is 11. The quantitative estimate of drug-likeness (QED) is 0.128. The third kappa shape index (κ3) is 6.46. The van der Waals surface area contributed by atoms with E-state index in [1.165, 1.54) is 0 Å². The Kier molecular flexibility index (Phi) is 10.1. The molecule has 3 saturated heterocycles. The van der Waals surface area contributed by atoms with Crippen LogP contribution < -0.4 is 5.32 Å². The average Bonchev–Trinajstić information content (AvgIpc) is 2.86. The molecule has 3 fully saturated rings. The molecule has 0 saturated carbocycles. The van der Waals surface area contributed by atoms with Crippen molar-refractivity contribution in [1.29, 1.82) is 0 Å². The zero-order valence-corrected chi connectivity index (χ0v) is 20.1. The monoisotopic (exact) mass is 573 g/mol. The third-order valence-corrected chi connectivity index (χ3v) is 6.42. The molecule has 39 heavy (non-hydrogen) atoms. The van der Waals surface area contributed by atoms with E-state index in [0.717, 1.165) is 6.92 Å². The van der Waals surface area contributed by atoms with Gasteiger partial charge >= 0.3 is 11.9 Å². The highest BCUT2D eigenvalue weighted by Crippen LogP contribution is 2.32. The summed E-state index contributed by atoms with van der Waals surface area (Å²) in [6.07, 6.45) is -27.6. The van der Waals surface area contributed by atoms with E-state index >= 15 is 0 Å². The van der Waals surface area contributed by atoms with Gasteiger partial charge in [-0.1, -0.05) is 0 Å². The summed E-state index contributed by atoms with van der Waals surface area (Å²) < 4.78 is 26.1.